The van der Waals surface area contributed by atoms with Crippen LogP contribution in [-0.2, 0) is 9.53 Å². The molecule has 4 nitrogen and oxygen atoms in total. The molecule has 2 aliphatic heterocycles. The predicted molar refractivity (Wildman–Crippen MR) is 66.8 cm³/mol. The van der Waals surface area contributed by atoms with E-state index >= 15 is 0 Å². The number of esters is 1. The monoisotopic (exact) mass is 240 g/mol. The number of piperidine rings is 2. The van der Waals surface area contributed by atoms with Crippen LogP contribution >= 0.6 is 0 Å². The number of methoxy groups -OCH3 is 1. The predicted octanol–water partition coefficient (Wildman–Crippen LogP) is 1.15. The lowest BCUT2D eigenvalue weighted by Gasteiger charge is -2.48. The van der Waals surface area contributed by atoms with Crippen LogP contribution in [0.2, 0.25) is 0 Å². The number of ether oxygens (including phenoxy) is 1. The zero-order valence-corrected chi connectivity index (χ0v) is 10.9. The summed E-state index contributed by atoms with van der Waals surface area (Å²) in [6, 6.07) is 2.01. The first-order chi connectivity index (χ1) is 8.24. The number of fused-ring (bicyclic) bond motifs is 2. The fraction of sp³-hybridized carbons (Fsp3) is 0.923. The smallest absolute Gasteiger partial charge is 0.306 e. The molecule has 17 heavy (non-hydrogen) atoms. The molecule has 98 valence electrons. The number of carbonyl (C=O) groups is 1. The van der Waals surface area contributed by atoms with E-state index in [9.17, 15) is 4.79 Å². The van der Waals surface area contributed by atoms with Crippen molar-refractivity contribution in [1.82, 2.24) is 10.2 Å². The molecule has 2 atom stereocenters. The van der Waals surface area contributed by atoms with Gasteiger partial charge in [-0.15, -0.1) is 0 Å². The van der Waals surface area contributed by atoms with E-state index < -0.39 is 0 Å². The van der Waals surface area contributed by atoms with Gasteiger partial charge in [-0.25, -0.2) is 0 Å². The van der Waals surface area contributed by atoms with E-state index in [-0.39, 0.29) is 5.97 Å². The summed E-state index contributed by atoms with van der Waals surface area (Å²) in [4.78, 5) is 13.8. The first kappa shape index (κ1) is 12.8. The summed E-state index contributed by atoms with van der Waals surface area (Å²) >= 11 is 0. The molecule has 2 heterocycles. The van der Waals surface area contributed by atoms with E-state index in [1.807, 2.05) is 0 Å². The Hall–Kier alpha value is -0.610. The Morgan fingerprint density at radius 2 is 2.00 bits per heavy atom. The van der Waals surface area contributed by atoms with Gasteiger partial charge in [0.1, 0.15) is 0 Å². The second-order valence-electron chi connectivity index (χ2n) is 5.26. The Morgan fingerprint density at radius 3 is 2.53 bits per heavy atom. The molecule has 4 heteroatoms. The van der Waals surface area contributed by atoms with Crippen molar-refractivity contribution < 1.29 is 9.53 Å². The molecule has 2 aliphatic rings. The van der Waals surface area contributed by atoms with Gasteiger partial charge in [-0.2, -0.15) is 0 Å². The van der Waals surface area contributed by atoms with Gasteiger partial charge in [-0.3, -0.25) is 9.69 Å². The van der Waals surface area contributed by atoms with Crippen LogP contribution in [0.3, 0.4) is 0 Å². The summed E-state index contributed by atoms with van der Waals surface area (Å²) in [6.45, 7) is 0.873. The van der Waals surface area contributed by atoms with Gasteiger partial charge < -0.3 is 10.1 Å². The summed E-state index contributed by atoms with van der Waals surface area (Å²) in [7, 11) is 3.53. The Bertz CT molecular complexity index is 256. The number of rotatable bonds is 4. The fourth-order valence-corrected chi connectivity index (χ4v) is 3.40. The van der Waals surface area contributed by atoms with Gasteiger partial charge in [-0.05, 0) is 32.7 Å². The molecule has 0 aromatic rings. The SMILES string of the molecule is CNC1CC2CCCC(C1)N2CCC(=O)OC. The maximum Gasteiger partial charge on any atom is 0.306 e. The van der Waals surface area contributed by atoms with Gasteiger partial charge in [0.25, 0.3) is 0 Å². The zero-order valence-electron chi connectivity index (χ0n) is 10.9. The minimum atomic E-state index is -0.0844. The molecule has 2 fully saturated rings. The highest BCUT2D eigenvalue weighted by atomic mass is 16.5. The Morgan fingerprint density at radius 1 is 1.35 bits per heavy atom. The van der Waals surface area contributed by atoms with Crippen molar-refractivity contribution in [2.75, 3.05) is 20.7 Å². The summed E-state index contributed by atoms with van der Waals surface area (Å²) in [6.07, 6.45) is 6.92. The van der Waals surface area contributed by atoms with Crippen molar-refractivity contribution in [3.8, 4) is 0 Å². The van der Waals surface area contributed by atoms with Crippen LogP contribution in [0.1, 0.15) is 38.5 Å². The van der Waals surface area contributed by atoms with Crippen molar-refractivity contribution in [2.45, 2.75) is 56.7 Å². The third-order valence-corrected chi connectivity index (χ3v) is 4.34. The molecule has 0 saturated carbocycles. The minimum absolute atomic E-state index is 0.0844. The Kier molecular flexibility index (Phi) is 4.40. The fourth-order valence-electron chi connectivity index (χ4n) is 3.40. The zero-order chi connectivity index (χ0) is 12.3. The molecule has 2 saturated heterocycles. The Labute approximate surface area is 104 Å². The number of carbonyl (C=O) groups excluding carboxylic acids is 1. The molecule has 2 unspecified atom stereocenters. The second-order valence-corrected chi connectivity index (χ2v) is 5.26. The summed E-state index contributed by atoms with van der Waals surface area (Å²) < 4.78 is 4.73. The molecular weight excluding hydrogens is 216 g/mol. The quantitative estimate of drug-likeness (QED) is 0.749. The molecule has 0 radical (unpaired) electrons. The van der Waals surface area contributed by atoms with E-state index in [1.165, 1.54) is 39.2 Å². The normalized spacial score (nSPS) is 33.4. The lowest BCUT2D eigenvalue weighted by molar-refractivity contribution is -0.141. The average Bonchev–Trinajstić information content (AvgIpc) is 2.34. The number of hydrogen-bond acceptors (Lipinski definition) is 4. The molecule has 1 N–H and O–H groups in total. The van der Waals surface area contributed by atoms with Crippen molar-refractivity contribution in [3.63, 3.8) is 0 Å². The van der Waals surface area contributed by atoms with Crippen LogP contribution in [0.4, 0.5) is 0 Å². The third-order valence-electron chi connectivity index (χ3n) is 4.34. The highest BCUT2D eigenvalue weighted by Crippen LogP contribution is 2.33. The maximum absolute atomic E-state index is 11.2. The largest absolute Gasteiger partial charge is 0.469 e. The van der Waals surface area contributed by atoms with Crippen LogP contribution < -0.4 is 5.32 Å². The molecule has 0 aromatic heterocycles. The van der Waals surface area contributed by atoms with E-state index in [2.05, 4.69) is 17.3 Å². The standard InChI is InChI=1S/C13H24N2O2/c1-14-10-8-11-4-3-5-12(9-10)15(11)7-6-13(16)17-2/h10-12,14H,3-9H2,1-2H3. The van der Waals surface area contributed by atoms with Crippen LogP contribution in [0.15, 0.2) is 0 Å². The first-order valence-corrected chi connectivity index (χ1v) is 6.74. The number of nitrogens with one attached hydrogen (secondary N) is 1. The van der Waals surface area contributed by atoms with Crippen molar-refractivity contribution in [1.29, 1.82) is 0 Å². The van der Waals surface area contributed by atoms with E-state index in [1.54, 1.807) is 0 Å². The minimum Gasteiger partial charge on any atom is -0.469 e. The van der Waals surface area contributed by atoms with Crippen molar-refractivity contribution in [2.24, 2.45) is 0 Å². The highest BCUT2D eigenvalue weighted by Gasteiger charge is 2.37. The molecule has 2 rings (SSSR count). The molecule has 0 spiro atoms. The van der Waals surface area contributed by atoms with Crippen molar-refractivity contribution >= 4 is 5.97 Å². The maximum atomic E-state index is 11.2. The van der Waals surface area contributed by atoms with Crippen LogP contribution in [0.25, 0.3) is 0 Å². The number of hydrogen-bond donors (Lipinski definition) is 1. The first-order valence-electron chi connectivity index (χ1n) is 6.74. The number of nitrogens with zero attached hydrogens (tertiary/aromatic N) is 1. The van der Waals surface area contributed by atoms with Gasteiger partial charge in [-0.1, -0.05) is 6.42 Å². The molecule has 0 amide bonds. The van der Waals surface area contributed by atoms with Gasteiger partial charge in [0.15, 0.2) is 0 Å². The van der Waals surface area contributed by atoms with E-state index in [4.69, 9.17) is 4.74 Å². The summed E-state index contributed by atoms with van der Waals surface area (Å²) in [5.74, 6) is -0.0844. The second kappa shape index (κ2) is 5.83. The molecule has 2 bridgehead atoms. The highest BCUT2D eigenvalue weighted by molar-refractivity contribution is 5.69. The van der Waals surface area contributed by atoms with Gasteiger partial charge in [0, 0.05) is 24.7 Å². The Balaban J connectivity index is 1.91. The van der Waals surface area contributed by atoms with Gasteiger partial charge in [0.05, 0.1) is 13.5 Å². The molecule has 0 aromatic carbocycles. The van der Waals surface area contributed by atoms with Gasteiger partial charge in [0.2, 0.25) is 0 Å². The van der Waals surface area contributed by atoms with E-state index in [0.29, 0.717) is 24.5 Å². The van der Waals surface area contributed by atoms with Crippen LogP contribution in [-0.4, -0.2) is 49.7 Å². The molecule has 0 aliphatic carbocycles. The van der Waals surface area contributed by atoms with E-state index in [0.717, 1.165) is 6.54 Å². The average molecular weight is 240 g/mol. The van der Waals surface area contributed by atoms with Gasteiger partial charge >= 0.3 is 5.97 Å². The molecular formula is C13H24N2O2. The van der Waals surface area contributed by atoms with Crippen LogP contribution in [0, 0.1) is 0 Å². The lowest BCUT2D eigenvalue weighted by Crippen LogP contribution is -2.56. The summed E-state index contributed by atoms with van der Waals surface area (Å²) in [5.41, 5.74) is 0. The third kappa shape index (κ3) is 2.99. The van der Waals surface area contributed by atoms with Crippen LogP contribution in [0.5, 0.6) is 0 Å². The summed E-state index contributed by atoms with van der Waals surface area (Å²) in [5, 5.41) is 3.41. The topological polar surface area (TPSA) is 41.6 Å². The van der Waals surface area contributed by atoms with Crippen molar-refractivity contribution in [3.05, 3.63) is 0 Å². The lowest BCUT2D eigenvalue weighted by atomic mass is 9.81.